The molecule has 1 N–H and O–H groups in total. The molecule has 1 atom stereocenters. The van der Waals surface area contributed by atoms with E-state index in [1.807, 2.05) is 11.3 Å². The van der Waals surface area contributed by atoms with E-state index >= 15 is 0 Å². The maximum absolute atomic E-state index is 4.64. The number of rotatable bonds is 6. The zero-order chi connectivity index (χ0) is 14.7. The van der Waals surface area contributed by atoms with Crippen LogP contribution >= 0.6 is 11.3 Å². The van der Waals surface area contributed by atoms with Gasteiger partial charge in [-0.15, -0.1) is 11.3 Å². The molecule has 3 rings (SSSR count). The van der Waals surface area contributed by atoms with Gasteiger partial charge >= 0.3 is 0 Å². The number of likely N-dealkylation sites (tertiary alicyclic amines) is 1. The summed E-state index contributed by atoms with van der Waals surface area (Å²) in [7, 11) is 0. The van der Waals surface area contributed by atoms with Crippen LogP contribution in [0.2, 0.25) is 0 Å². The van der Waals surface area contributed by atoms with Gasteiger partial charge in [-0.25, -0.2) is 4.98 Å². The molecule has 2 saturated heterocycles. The lowest BCUT2D eigenvalue weighted by Gasteiger charge is -2.23. The second kappa shape index (κ2) is 7.07. The van der Waals surface area contributed by atoms with Crippen LogP contribution in [0.4, 0.5) is 5.13 Å². The molecule has 118 valence electrons. The number of hydrogen-bond acceptors (Lipinski definition) is 5. The third kappa shape index (κ3) is 3.96. The Kier molecular flexibility index (Phi) is 5.14. The van der Waals surface area contributed by atoms with E-state index in [2.05, 4.69) is 40.1 Å². The maximum atomic E-state index is 4.64. The van der Waals surface area contributed by atoms with Gasteiger partial charge in [0.05, 0.1) is 0 Å². The van der Waals surface area contributed by atoms with Gasteiger partial charge in [0.15, 0.2) is 5.13 Å². The minimum Gasteiger partial charge on any atom is -0.346 e. The first-order valence-corrected chi connectivity index (χ1v) is 9.18. The lowest BCUT2D eigenvalue weighted by Crippen LogP contribution is -2.35. The molecule has 2 aliphatic rings. The summed E-state index contributed by atoms with van der Waals surface area (Å²) < 4.78 is 0. The third-order valence-electron chi connectivity index (χ3n) is 4.48. The summed E-state index contributed by atoms with van der Waals surface area (Å²) in [4.78, 5) is 11.2. The fourth-order valence-electron chi connectivity index (χ4n) is 3.33. The molecule has 2 fully saturated rings. The zero-order valence-electron chi connectivity index (χ0n) is 13.3. The molecule has 0 bridgehead atoms. The van der Waals surface area contributed by atoms with Crippen LogP contribution in [0.1, 0.15) is 38.0 Å². The van der Waals surface area contributed by atoms with Gasteiger partial charge in [0.2, 0.25) is 0 Å². The van der Waals surface area contributed by atoms with E-state index in [4.69, 9.17) is 0 Å². The standard InChI is InChI=1S/C16H28N4S/c1-13(2)9-17-10-15-11-18-16(21-15)20-8-5-14(12-20)19-6-3-4-7-19/h11,13-14,17H,3-10,12H2,1-2H3. The van der Waals surface area contributed by atoms with Crippen LogP contribution in [0.15, 0.2) is 6.20 Å². The molecule has 5 heteroatoms. The van der Waals surface area contributed by atoms with Gasteiger partial charge in [0.1, 0.15) is 0 Å². The lowest BCUT2D eigenvalue weighted by atomic mass is 10.2. The Labute approximate surface area is 132 Å². The van der Waals surface area contributed by atoms with Gasteiger partial charge in [0.25, 0.3) is 0 Å². The first-order chi connectivity index (χ1) is 10.2. The highest BCUT2D eigenvalue weighted by molar-refractivity contribution is 7.15. The summed E-state index contributed by atoms with van der Waals surface area (Å²) in [6, 6.07) is 0.763. The average molecular weight is 308 g/mol. The number of aromatic nitrogens is 1. The average Bonchev–Trinajstić information content (AvgIpc) is 3.19. The summed E-state index contributed by atoms with van der Waals surface area (Å²) in [5, 5.41) is 4.72. The van der Waals surface area contributed by atoms with Crippen molar-refractivity contribution in [1.82, 2.24) is 15.2 Å². The molecule has 0 aromatic carbocycles. The highest BCUT2D eigenvalue weighted by Crippen LogP contribution is 2.28. The summed E-state index contributed by atoms with van der Waals surface area (Å²) >= 11 is 1.86. The Morgan fingerprint density at radius 3 is 2.90 bits per heavy atom. The Bertz CT molecular complexity index is 439. The fraction of sp³-hybridized carbons (Fsp3) is 0.812. The molecule has 3 heterocycles. The van der Waals surface area contributed by atoms with Crippen molar-refractivity contribution in [3.8, 4) is 0 Å². The van der Waals surface area contributed by atoms with Crippen LogP contribution in [-0.4, -0.2) is 48.6 Å². The Hall–Kier alpha value is -0.650. The number of anilines is 1. The van der Waals surface area contributed by atoms with E-state index in [1.165, 1.54) is 55.5 Å². The van der Waals surface area contributed by atoms with Crippen molar-refractivity contribution in [2.24, 2.45) is 5.92 Å². The van der Waals surface area contributed by atoms with E-state index in [0.717, 1.165) is 19.1 Å². The first-order valence-electron chi connectivity index (χ1n) is 8.37. The second-order valence-corrected chi connectivity index (χ2v) is 7.86. The molecule has 1 aromatic heterocycles. The third-order valence-corrected chi connectivity index (χ3v) is 5.54. The van der Waals surface area contributed by atoms with Crippen molar-refractivity contribution in [2.45, 2.75) is 45.7 Å². The number of hydrogen-bond donors (Lipinski definition) is 1. The first kappa shape index (κ1) is 15.3. The van der Waals surface area contributed by atoms with Gasteiger partial charge in [-0.05, 0) is 44.8 Å². The Balaban J connectivity index is 1.49. The highest BCUT2D eigenvalue weighted by atomic mass is 32.1. The van der Waals surface area contributed by atoms with Crippen LogP contribution in [0.25, 0.3) is 0 Å². The fourth-order valence-corrected chi connectivity index (χ4v) is 4.24. The van der Waals surface area contributed by atoms with Crippen LogP contribution in [0.5, 0.6) is 0 Å². The van der Waals surface area contributed by atoms with Crippen molar-refractivity contribution in [2.75, 3.05) is 37.6 Å². The normalized spacial score (nSPS) is 23.6. The van der Waals surface area contributed by atoms with Gasteiger partial charge in [0, 0.05) is 36.8 Å². The van der Waals surface area contributed by atoms with E-state index in [9.17, 15) is 0 Å². The minimum absolute atomic E-state index is 0.706. The van der Waals surface area contributed by atoms with Crippen molar-refractivity contribution < 1.29 is 0 Å². The van der Waals surface area contributed by atoms with E-state index < -0.39 is 0 Å². The van der Waals surface area contributed by atoms with E-state index in [1.54, 1.807) is 0 Å². The number of thiazole rings is 1. The largest absolute Gasteiger partial charge is 0.346 e. The van der Waals surface area contributed by atoms with Gasteiger partial charge in [-0.1, -0.05) is 13.8 Å². The summed E-state index contributed by atoms with van der Waals surface area (Å²) in [5.74, 6) is 0.706. The maximum Gasteiger partial charge on any atom is 0.185 e. The van der Waals surface area contributed by atoms with Crippen LogP contribution < -0.4 is 10.2 Å². The van der Waals surface area contributed by atoms with Crippen molar-refractivity contribution >= 4 is 16.5 Å². The molecular formula is C16H28N4S. The minimum atomic E-state index is 0.706. The van der Waals surface area contributed by atoms with E-state index in [-0.39, 0.29) is 0 Å². The molecule has 21 heavy (non-hydrogen) atoms. The smallest absolute Gasteiger partial charge is 0.185 e. The van der Waals surface area contributed by atoms with Crippen molar-refractivity contribution in [3.63, 3.8) is 0 Å². The quantitative estimate of drug-likeness (QED) is 0.875. The zero-order valence-corrected chi connectivity index (χ0v) is 14.2. The molecule has 0 aliphatic carbocycles. The molecule has 0 spiro atoms. The van der Waals surface area contributed by atoms with Gasteiger partial charge < -0.3 is 10.2 Å². The van der Waals surface area contributed by atoms with Crippen molar-refractivity contribution in [3.05, 3.63) is 11.1 Å². The summed E-state index contributed by atoms with van der Waals surface area (Å²) in [5.41, 5.74) is 0. The molecule has 4 nitrogen and oxygen atoms in total. The molecular weight excluding hydrogens is 280 g/mol. The topological polar surface area (TPSA) is 31.4 Å². The molecule has 0 amide bonds. The number of nitrogens with zero attached hydrogens (tertiary/aromatic N) is 3. The van der Waals surface area contributed by atoms with Crippen LogP contribution in [0, 0.1) is 5.92 Å². The Morgan fingerprint density at radius 2 is 2.14 bits per heavy atom. The van der Waals surface area contributed by atoms with Crippen LogP contribution in [-0.2, 0) is 6.54 Å². The predicted molar refractivity (Wildman–Crippen MR) is 90.1 cm³/mol. The molecule has 0 saturated carbocycles. The molecule has 1 aromatic rings. The second-order valence-electron chi connectivity index (χ2n) is 6.77. The lowest BCUT2D eigenvalue weighted by molar-refractivity contribution is 0.260. The van der Waals surface area contributed by atoms with E-state index in [0.29, 0.717) is 5.92 Å². The molecule has 1 unspecified atom stereocenters. The van der Waals surface area contributed by atoms with Crippen LogP contribution in [0.3, 0.4) is 0 Å². The van der Waals surface area contributed by atoms with Crippen molar-refractivity contribution in [1.29, 1.82) is 0 Å². The highest BCUT2D eigenvalue weighted by Gasteiger charge is 2.30. The van der Waals surface area contributed by atoms with Gasteiger partial charge in [-0.3, -0.25) is 4.90 Å². The molecule has 2 aliphatic heterocycles. The SMILES string of the molecule is CC(C)CNCc1cnc(N2CCC(N3CCCC3)C2)s1. The molecule has 0 radical (unpaired) electrons. The monoisotopic (exact) mass is 308 g/mol. The van der Waals surface area contributed by atoms with Gasteiger partial charge in [-0.2, -0.15) is 0 Å². The summed E-state index contributed by atoms with van der Waals surface area (Å²) in [6.45, 7) is 11.5. The predicted octanol–water partition coefficient (Wildman–Crippen LogP) is 2.56. The Morgan fingerprint density at radius 1 is 1.33 bits per heavy atom. The summed E-state index contributed by atoms with van der Waals surface area (Å²) in [6.07, 6.45) is 6.13. The number of nitrogens with one attached hydrogen (secondary N) is 1.